The standard InChI is InChI=1S/C24H23N3O7S/c1-31-23(30)14-4-6-17-18(9-14)26-24(27(22(17)29)11-16-3-2-8-32-16)35-12-21(28)25-15-5-7-19-20(10-15)34-13-33-19/h4-7,9-10,16H,2-3,8,11-13H2,1H3,(H,25,28)/t16-/m0/s1. The van der Waals surface area contributed by atoms with Gasteiger partial charge in [-0.3, -0.25) is 14.2 Å². The highest BCUT2D eigenvalue weighted by Crippen LogP contribution is 2.34. The largest absolute Gasteiger partial charge is 0.465 e. The molecule has 1 aromatic heterocycles. The molecule has 182 valence electrons. The highest BCUT2D eigenvalue weighted by Gasteiger charge is 2.22. The Hall–Kier alpha value is -3.57. The minimum atomic E-state index is -0.519. The van der Waals surface area contributed by atoms with Crippen LogP contribution in [0.2, 0.25) is 0 Å². The molecule has 3 aromatic rings. The Morgan fingerprint density at radius 2 is 2.06 bits per heavy atom. The van der Waals surface area contributed by atoms with Gasteiger partial charge in [-0.05, 0) is 43.2 Å². The Kier molecular flexibility index (Phi) is 6.60. The number of hydrogen-bond donors (Lipinski definition) is 1. The number of nitrogens with one attached hydrogen (secondary N) is 1. The van der Waals surface area contributed by atoms with Crippen LogP contribution in [0.25, 0.3) is 10.9 Å². The monoisotopic (exact) mass is 497 g/mol. The van der Waals surface area contributed by atoms with Gasteiger partial charge in [0.2, 0.25) is 12.7 Å². The Bertz CT molecular complexity index is 1350. The first kappa shape index (κ1) is 23.2. The molecule has 1 amide bonds. The topological polar surface area (TPSA) is 118 Å². The summed E-state index contributed by atoms with van der Waals surface area (Å²) in [6.45, 7) is 1.14. The Morgan fingerprint density at radius 3 is 2.86 bits per heavy atom. The molecule has 35 heavy (non-hydrogen) atoms. The normalized spacial score (nSPS) is 16.4. The smallest absolute Gasteiger partial charge is 0.337 e. The number of thioether (sulfide) groups is 1. The van der Waals surface area contributed by atoms with Gasteiger partial charge in [0, 0.05) is 18.4 Å². The second kappa shape index (κ2) is 9.96. The van der Waals surface area contributed by atoms with E-state index in [-0.39, 0.29) is 30.1 Å². The van der Waals surface area contributed by atoms with E-state index in [1.165, 1.54) is 13.2 Å². The van der Waals surface area contributed by atoms with Crippen LogP contribution in [-0.4, -0.2) is 53.8 Å². The van der Waals surface area contributed by atoms with Gasteiger partial charge in [0.15, 0.2) is 16.7 Å². The molecular weight excluding hydrogens is 474 g/mol. The number of aromatic nitrogens is 2. The molecule has 11 heteroatoms. The van der Waals surface area contributed by atoms with Crippen LogP contribution >= 0.6 is 11.8 Å². The van der Waals surface area contributed by atoms with Crippen LogP contribution in [0.15, 0.2) is 46.3 Å². The number of anilines is 1. The summed E-state index contributed by atoms with van der Waals surface area (Å²) in [5.41, 5.74) is 0.979. The van der Waals surface area contributed by atoms with E-state index >= 15 is 0 Å². The third kappa shape index (κ3) is 4.96. The van der Waals surface area contributed by atoms with Gasteiger partial charge in [-0.1, -0.05) is 11.8 Å². The minimum Gasteiger partial charge on any atom is -0.465 e. The number of amides is 1. The van der Waals surface area contributed by atoms with Crippen LogP contribution in [0.3, 0.4) is 0 Å². The molecule has 0 unspecified atom stereocenters. The Balaban J connectivity index is 1.40. The molecule has 2 aromatic carbocycles. The molecule has 2 aliphatic rings. The summed E-state index contributed by atoms with van der Waals surface area (Å²) >= 11 is 1.14. The maximum Gasteiger partial charge on any atom is 0.337 e. The number of ether oxygens (including phenoxy) is 4. The average Bonchev–Trinajstić information content (AvgIpc) is 3.55. The lowest BCUT2D eigenvalue weighted by Gasteiger charge is -2.16. The zero-order valence-electron chi connectivity index (χ0n) is 18.9. The quantitative estimate of drug-likeness (QED) is 0.299. The van der Waals surface area contributed by atoms with E-state index in [1.54, 1.807) is 34.9 Å². The van der Waals surface area contributed by atoms with Crippen LogP contribution in [-0.2, 0) is 20.8 Å². The first-order valence-corrected chi connectivity index (χ1v) is 12.1. The van der Waals surface area contributed by atoms with Crippen molar-refractivity contribution in [2.75, 3.05) is 31.6 Å². The second-order valence-electron chi connectivity index (χ2n) is 8.07. The zero-order valence-corrected chi connectivity index (χ0v) is 19.8. The van der Waals surface area contributed by atoms with Crippen LogP contribution in [0.4, 0.5) is 5.69 Å². The molecule has 1 atom stereocenters. The summed E-state index contributed by atoms with van der Waals surface area (Å²) in [4.78, 5) is 42.6. The van der Waals surface area contributed by atoms with Crippen molar-refractivity contribution in [3.05, 3.63) is 52.3 Å². The van der Waals surface area contributed by atoms with Crippen molar-refractivity contribution >= 4 is 40.2 Å². The number of esters is 1. The number of fused-ring (bicyclic) bond motifs is 2. The lowest BCUT2D eigenvalue weighted by atomic mass is 10.1. The molecule has 0 radical (unpaired) electrons. The van der Waals surface area contributed by atoms with Crippen molar-refractivity contribution in [2.24, 2.45) is 0 Å². The van der Waals surface area contributed by atoms with Crippen molar-refractivity contribution in [3.8, 4) is 11.5 Å². The molecule has 1 N–H and O–H groups in total. The number of nitrogens with zero attached hydrogens (tertiary/aromatic N) is 2. The van der Waals surface area contributed by atoms with Gasteiger partial charge in [0.1, 0.15) is 0 Å². The highest BCUT2D eigenvalue weighted by atomic mass is 32.2. The lowest BCUT2D eigenvalue weighted by Crippen LogP contribution is -2.29. The van der Waals surface area contributed by atoms with Crippen molar-refractivity contribution in [1.29, 1.82) is 0 Å². The number of carbonyl (C=O) groups is 2. The number of rotatable bonds is 7. The third-order valence-electron chi connectivity index (χ3n) is 5.74. The first-order chi connectivity index (χ1) is 17.0. The van der Waals surface area contributed by atoms with Crippen molar-refractivity contribution in [3.63, 3.8) is 0 Å². The first-order valence-electron chi connectivity index (χ1n) is 11.1. The SMILES string of the molecule is COC(=O)c1ccc2c(=O)n(C[C@@H]3CCCO3)c(SCC(=O)Nc3ccc4c(c3)OCO4)nc2c1. The molecule has 0 aliphatic carbocycles. The van der Waals surface area contributed by atoms with Gasteiger partial charge >= 0.3 is 5.97 Å². The number of hydrogen-bond acceptors (Lipinski definition) is 9. The van der Waals surface area contributed by atoms with Gasteiger partial charge in [0.25, 0.3) is 5.56 Å². The molecule has 3 heterocycles. The fourth-order valence-electron chi connectivity index (χ4n) is 4.01. The highest BCUT2D eigenvalue weighted by molar-refractivity contribution is 7.99. The lowest BCUT2D eigenvalue weighted by molar-refractivity contribution is -0.113. The summed E-state index contributed by atoms with van der Waals surface area (Å²) in [5.74, 6) is 0.430. The van der Waals surface area contributed by atoms with E-state index in [2.05, 4.69) is 10.3 Å². The van der Waals surface area contributed by atoms with Gasteiger partial charge in [-0.15, -0.1) is 0 Å². The van der Waals surface area contributed by atoms with Crippen LogP contribution in [0, 0.1) is 0 Å². The minimum absolute atomic E-state index is 0.0224. The van der Waals surface area contributed by atoms with E-state index in [0.29, 0.717) is 52.0 Å². The molecule has 2 aliphatic heterocycles. The molecule has 10 nitrogen and oxygen atoms in total. The molecule has 1 saturated heterocycles. The van der Waals surface area contributed by atoms with Crippen molar-refractivity contribution in [1.82, 2.24) is 9.55 Å². The molecule has 0 spiro atoms. The maximum atomic E-state index is 13.3. The second-order valence-corrected chi connectivity index (χ2v) is 9.02. The van der Waals surface area contributed by atoms with Gasteiger partial charge in [0.05, 0.1) is 42.0 Å². The molecule has 0 bridgehead atoms. The molecular formula is C24H23N3O7S. The average molecular weight is 498 g/mol. The molecule has 1 fully saturated rings. The summed E-state index contributed by atoms with van der Waals surface area (Å²) in [7, 11) is 1.29. The summed E-state index contributed by atoms with van der Waals surface area (Å²) in [5, 5.41) is 3.58. The van der Waals surface area contributed by atoms with E-state index in [1.807, 2.05) is 0 Å². The van der Waals surface area contributed by atoms with Gasteiger partial charge < -0.3 is 24.3 Å². The number of benzene rings is 2. The van der Waals surface area contributed by atoms with E-state index < -0.39 is 5.97 Å². The van der Waals surface area contributed by atoms with Gasteiger partial charge in [-0.25, -0.2) is 9.78 Å². The van der Waals surface area contributed by atoms with Crippen LogP contribution in [0.1, 0.15) is 23.2 Å². The summed E-state index contributed by atoms with van der Waals surface area (Å²) < 4.78 is 22.7. The van der Waals surface area contributed by atoms with E-state index in [4.69, 9.17) is 18.9 Å². The van der Waals surface area contributed by atoms with Crippen LogP contribution in [0.5, 0.6) is 11.5 Å². The van der Waals surface area contributed by atoms with Gasteiger partial charge in [-0.2, -0.15) is 0 Å². The Labute approximate surface area is 204 Å². The van der Waals surface area contributed by atoms with E-state index in [9.17, 15) is 14.4 Å². The number of carbonyl (C=O) groups excluding carboxylic acids is 2. The fraction of sp³-hybridized carbons (Fsp3) is 0.333. The predicted molar refractivity (Wildman–Crippen MR) is 128 cm³/mol. The third-order valence-corrected chi connectivity index (χ3v) is 6.72. The Morgan fingerprint density at radius 1 is 1.20 bits per heavy atom. The maximum absolute atomic E-state index is 13.3. The zero-order chi connectivity index (χ0) is 24.4. The van der Waals surface area contributed by atoms with Crippen molar-refractivity contribution < 1.29 is 28.5 Å². The fourth-order valence-corrected chi connectivity index (χ4v) is 4.82. The predicted octanol–water partition coefficient (Wildman–Crippen LogP) is 2.82. The summed E-state index contributed by atoms with van der Waals surface area (Å²) in [6, 6.07) is 9.79. The van der Waals surface area contributed by atoms with E-state index in [0.717, 1.165) is 24.6 Å². The molecule has 5 rings (SSSR count). The molecule has 0 saturated carbocycles. The summed E-state index contributed by atoms with van der Waals surface area (Å²) in [6.07, 6.45) is 1.69. The number of methoxy groups -OCH3 is 1. The van der Waals surface area contributed by atoms with Crippen LogP contribution < -0.4 is 20.3 Å². The van der Waals surface area contributed by atoms with Crippen molar-refractivity contribution in [2.45, 2.75) is 30.6 Å².